The molecular weight excluding hydrogens is 309 g/mol. The number of aromatic carboxylic acids is 1. The molecule has 0 fully saturated rings. The van der Waals surface area contributed by atoms with Crippen molar-refractivity contribution in [1.82, 2.24) is 4.90 Å². The summed E-state index contributed by atoms with van der Waals surface area (Å²) in [6.07, 6.45) is 0. The Labute approximate surface area is 130 Å². The van der Waals surface area contributed by atoms with Crippen molar-refractivity contribution in [1.29, 1.82) is 0 Å². The molecule has 0 aromatic heterocycles. The van der Waals surface area contributed by atoms with Crippen molar-refractivity contribution in [2.24, 2.45) is 0 Å². The Morgan fingerprint density at radius 1 is 1.27 bits per heavy atom. The average molecular weight is 320 g/mol. The molecular formula is C16H11ClFNO3. The monoisotopic (exact) mass is 319 g/mol. The molecule has 2 aromatic carbocycles. The third-order valence-corrected chi connectivity index (χ3v) is 4.01. The SMILES string of the molecule is O=C(O)c1cccc2c1C(=O)N(Cc1c(F)cccc1Cl)C2. The van der Waals surface area contributed by atoms with Gasteiger partial charge in [-0.05, 0) is 23.8 Å². The first kappa shape index (κ1) is 14.5. The van der Waals surface area contributed by atoms with E-state index >= 15 is 0 Å². The summed E-state index contributed by atoms with van der Waals surface area (Å²) >= 11 is 5.98. The maximum Gasteiger partial charge on any atom is 0.336 e. The molecule has 1 N–H and O–H groups in total. The summed E-state index contributed by atoms with van der Waals surface area (Å²) in [5.74, 6) is -2.07. The van der Waals surface area contributed by atoms with Crippen molar-refractivity contribution in [2.75, 3.05) is 0 Å². The molecule has 1 heterocycles. The minimum atomic E-state index is -1.16. The molecule has 1 aliphatic rings. The smallest absolute Gasteiger partial charge is 0.336 e. The molecule has 0 unspecified atom stereocenters. The first-order chi connectivity index (χ1) is 10.5. The van der Waals surface area contributed by atoms with E-state index in [2.05, 4.69) is 0 Å². The first-order valence-electron chi connectivity index (χ1n) is 6.56. The molecule has 112 valence electrons. The van der Waals surface area contributed by atoms with Crippen LogP contribution in [-0.4, -0.2) is 21.9 Å². The van der Waals surface area contributed by atoms with Gasteiger partial charge in [0.25, 0.3) is 5.91 Å². The fourth-order valence-corrected chi connectivity index (χ4v) is 2.82. The Hall–Kier alpha value is -2.40. The van der Waals surface area contributed by atoms with Gasteiger partial charge in [-0.2, -0.15) is 0 Å². The maximum absolute atomic E-state index is 13.9. The molecule has 0 spiro atoms. The second-order valence-corrected chi connectivity index (χ2v) is 5.41. The van der Waals surface area contributed by atoms with E-state index < -0.39 is 17.7 Å². The molecule has 0 saturated heterocycles. The number of hydrogen-bond donors (Lipinski definition) is 1. The van der Waals surface area contributed by atoms with Gasteiger partial charge in [-0.15, -0.1) is 0 Å². The van der Waals surface area contributed by atoms with Crippen LogP contribution in [0.5, 0.6) is 0 Å². The second-order valence-electron chi connectivity index (χ2n) is 5.01. The molecule has 1 amide bonds. The summed E-state index contributed by atoms with van der Waals surface area (Å²) in [4.78, 5) is 25.1. The summed E-state index contributed by atoms with van der Waals surface area (Å²) < 4.78 is 13.9. The lowest BCUT2D eigenvalue weighted by atomic mass is 10.0. The molecule has 0 saturated carbocycles. The highest BCUT2D eigenvalue weighted by atomic mass is 35.5. The van der Waals surface area contributed by atoms with Crippen molar-refractivity contribution < 1.29 is 19.1 Å². The largest absolute Gasteiger partial charge is 0.478 e. The molecule has 22 heavy (non-hydrogen) atoms. The van der Waals surface area contributed by atoms with Gasteiger partial charge in [0, 0.05) is 17.1 Å². The van der Waals surface area contributed by atoms with Gasteiger partial charge in [-0.25, -0.2) is 9.18 Å². The van der Waals surface area contributed by atoms with E-state index in [9.17, 15) is 19.1 Å². The fraction of sp³-hybridized carbons (Fsp3) is 0.125. The highest BCUT2D eigenvalue weighted by Gasteiger charge is 2.32. The van der Waals surface area contributed by atoms with Crippen LogP contribution in [0.15, 0.2) is 36.4 Å². The number of rotatable bonds is 3. The van der Waals surface area contributed by atoms with E-state index in [4.69, 9.17) is 11.6 Å². The molecule has 0 atom stereocenters. The Bertz CT molecular complexity index is 771. The lowest BCUT2D eigenvalue weighted by Gasteiger charge is -2.17. The predicted molar refractivity (Wildman–Crippen MR) is 78.4 cm³/mol. The average Bonchev–Trinajstić information content (AvgIpc) is 2.79. The molecule has 2 aromatic rings. The van der Waals surface area contributed by atoms with Gasteiger partial charge in [0.2, 0.25) is 0 Å². The van der Waals surface area contributed by atoms with Gasteiger partial charge >= 0.3 is 5.97 Å². The number of fused-ring (bicyclic) bond motifs is 1. The Morgan fingerprint density at radius 3 is 2.68 bits per heavy atom. The molecule has 3 rings (SSSR count). The third kappa shape index (κ3) is 2.33. The zero-order chi connectivity index (χ0) is 15.9. The van der Waals surface area contributed by atoms with E-state index in [0.29, 0.717) is 5.56 Å². The van der Waals surface area contributed by atoms with Crippen molar-refractivity contribution in [3.05, 3.63) is 69.5 Å². The van der Waals surface area contributed by atoms with Crippen LogP contribution < -0.4 is 0 Å². The molecule has 1 aliphatic heterocycles. The van der Waals surface area contributed by atoms with Gasteiger partial charge in [0.1, 0.15) is 5.82 Å². The number of carboxylic acids is 1. The Kier molecular flexibility index (Phi) is 3.58. The van der Waals surface area contributed by atoms with E-state index in [-0.39, 0.29) is 34.8 Å². The van der Waals surface area contributed by atoms with Gasteiger partial charge in [0.05, 0.1) is 17.7 Å². The number of amides is 1. The number of benzene rings is 2. The second kappa shape index (κ2) is 5.42. The molecule has 6 heteroatoms. The first-order valence-corrected chi connectivity index (χ1v) is 6.94. The predicted octanol–water partition coefficient (Wildman–Crippen LogP) is 3.33. The highest BCUT2D eigenvalue weighted by molar-refractivity contribution is 6.31. The standard InChI is InChI=1S/C16H11ClFNO3/c17-12-5-2-6-13(18)11(12)8-19-7-9-3-1-4-10(16(21)22)14(9)15(19)20/h1-6H,7-8H2,(H,21,22). The molecule has 4 nitrogen and oxygen atoms in total. The fourth-order valence-electron chi connectivity index (χ4n) is 2.60. The van der Waals surface area contributed by atoms with E-state index in [1.54, 1.807) is 18.2 Å². The molecule has 0 aliphatic carbocycles. The van der Waals surface area contributed by atoms with Gasteiger partial charge in [0.15, 0.2) is 0 Å². The minimum absolute atomic E-state index is 0.00191. The van der Waals surface area contributed by atoms with Gasteiger partial charge in [-0.1, -0.05) is 29.8 Å². The molecule has 0 radical (unpaired) electrons. The highest BCUT2D eigenvalue weighted by Crippen LogP contribution is 2.29. The summed E-state index contributed by atoms with van der Waals surface area (Å²) in [6, 6.07) is 8.99. The van der Waals surface area contributed by atoms with Crippen LogP contribution in [0.2, 0.25) is 5.02 Å². The van der Waals surface area contributed by atoms with Crippen LogP contribution in [0.3, 0.4) is 0 Å². The number of carboxylic acid groups (broad SMARTS) is 1. The zero-order valence-electron chi connectivity index (χ0n) is 11.3. The molecule has 0 bridgehead atoms. The van der Waals surface area contributed by atoms with Gasteiger partial charge in [-0.3, -0.25) is 4.79 Å². The lowest BCUT2D eigenvalue weighted by molar-refractivity contribution is 0.0680. The number of nitrogens with zero attached hydrogens (tertiary/aromatic N) is 1. The minimum Gasteiger partial charge on any atom is -0.478 e. The number of hydrogen-bond acceptors (Lipinski definition) is 2. The van der Waals surface area contributed by atoms with Crippen molar-refractivity contribution in [3.8, 4) is 0 Å². The van der Waals surface area contributed by atoms with E-state index in [0.717, 1.165) is 0 Å². The number of halogens is 2. The van der Waals surface area contributed by atoms with Crippen molar-refractivity contribution >= 4 is 23.5 Å². The summed E-state index contributed by atoms with van der Waals surface area (Å²) in [7, 11) is 0. The van der Waals surface area contributed by atoms with E-state index in [1.807, 2.05) is 0 Å². The zero-order valence-corrected chi connectivity index (χ0v) is 12.1. The Balaban J connectivity index is 1.95. The summed E-state index contributed by atoms with van der Waals surface area (Å²) in [5, 5.41) is 9.42. The van der Waals surface area contributed by atoms with Crippen LogP contribution in [0.25, 0.3) is 0 Å². The van der Waals surface area contributed by atoms with Crippen LogP contribution in [0, 0.1) is 5.82 Å². The van der Waals surface area contributed by atoms with Crippen molar-refractivity contribution in [2.45, 2.75) is 13.1 Å². The van der Waals surface area contributed by atoms with E-state index in [1.165, 1.54) is 23.1 Å². The topological polar surface area (TPSA) is 57.6 Å². The third-order valence-electron chi connectivity index (χ3n) is 3.65. The maximum atomic E-state index is 13.9. The Morgan fingerprint density at radius 2 is 2.00 bits per heavy atom. The van der Waals surface area contributed by atoms with Gasteiger partial charge < -0.3 is 10.0 Å². The lowest BCUT2D eigenvalue weighted by Crippen LogP contribution is -2.24. The van der Waals surface area contributed by atoms with Crippen LogP contribution in [0.1, 0.15) is 31.8 Å². The quantitative estimate of drug-likeness (QED) is 0.944. The van der Waals surface area contributed by atoms with Crippen LogP contribution in [0.4, 0.5) is 4.39 Å². The van der Waals surface area contributed by atoms with Crippen LogP contribution in [-0.2, 0) is 13.1 Å². The summed E-state index contributed by atoms with van der Waals surface area (Å²) in [5.41, 5.74) is 0.978. The summed E-state index contributed by atoms with van der Waals surface area (Å²) in [6.45, 7) is 0.234. The normalized spacial score (nSPS) is 13.4. The van der Waals surface area contributed by atoms with Crippen LogP contribution >= 0.6 is 11.6 Å². The number of carbonyl (C=O) groups is 2. The number of carbonyl (C=O) groups excluding carboxylic acids is 1. The van der Waals surface area contributed by atoms with Crippen molar-refractivity contribution in [3.63, 3.8) is 0 Å².